The number of fused-ring (bicyclic) bond motifs is 1. The Morgan fingerprint density at radius 1 is 1.23 bits per heavy atom. The highest BCUT2D eigenvalue weighted by atomic mass is 16.6. The van der Waals surface area contributed by atoms with E-state index >= 15 is 0 Å². The zero-order chi connectivity index (χ0) is 18.8. The van der Waals surface area contributed by atoms with Gasteiger partial charge in [-0.1, -0.05) is 19.1 Å². The molecule has 1 amide bonds. The Morgan fingerprint density at radius 2 is 2.00 bits per heavy atom. The quantitative estimate of drug-likeness (QED) is 0.532. The smallest absolute Gasteiger partial charge is 0.293 e. The molecule has 0 aliphatic rings. The molecule has 0 saturated carbocycles. The largest absolute Gasteiger partial charge is 0.464 e. The van der Waals surface area contributed by atoms with Crippen LogP contribution >= 0.6 is 0 Å². The van der Waals surface area contributed by atoms with Gasteiger partial charge in [0.15, 0.2) is 0 Å². The molecule has 0 unspecified atom stereocenters. The highest BCUT2D eigenvalue weighted by Crippen LogP contribution is 2.30. The van der Waals surface area contributed by atoms with Crippen molar-refractivity contribution < 1.29 is 14.1 Å². The summed E-state index contributed by atoms with van der Waals surface area (Å²) in [5.41, 5.74) is 4.23. The summed E-state index contributed by atoms with van der Waals surface area (Å²) in [6, 6.07) is 9.17. The fourth-order valence-corrected chi connectivity index (χ4v) is 3.09. The third-order valence-electron chi connectivity index (χ3n) is 4.40. The SMILES string of the molecule is CCc1ccc2occ(CC(=O)Nc3c(C)cc(C)cc3[N+](=O)[O-])c2c1. The number of rotatable bonds is 5. The van der Waals surface area contributed by atoms with Crippen LogP contribution in [0.3, 0.4) is 0 Å². The highest BCUT2D eigenvalue weighted by molar-refractivity contribution is 5.97. The van der Waals surface area contributed by atoms with Gasteiger partial charge in [-0.25, -0.2) is 0 Å². The molecular weight excluding hydrogens is 332 g/mol. The average Bonchev–Trinajstić information content (AvgIpc) is 2.98. The number of aryl methyl sites for hydroxylation is 3. The van der Waals surface area contributed by atoms with Crippen molar-refractivity contribution in [3.63, 3.8) is 0 Å². The van der Waals surface area contributed by atoms with Crippen LogP contribution in [0.5, 0.6) is 0 Å². The van der Waals surface area contributed by atoms with Gasteiger partial charge in [-0.3, -0.25) is 14.9 Å². The number of nitro groups is 1. The topological polar surface area (TPSA) is 85.4 Å². The van der Waals surface area contributed by atoms with Gasteiger partial charge in [0, 0.05) is 17.0 Å². The zero-order valence-corrected chi connectivity index (χ0v) is 15.0. The fraction of sp³-hybridized carbons (Fsp3) is 0.250. The molecule has 0 aliphatic heterocycles. The van der Waals surface area contributed by atoms with Crippen LogP contribution in [-0.4, -0.2) is 10.8 Å². The number of anilines is 1. The lowest BCUT2D eigenvalue weighted by Gasteiger charge is -2.10. The lowest BCUT2D eigenvalue weighted by atomic mass is 10.1. The van der Waals surface area contributed by atoms with Crippen LogP contribution in [0.15, 0.2) is 41.0 Å². The molecule has 0 fully saturated rings. The predicted octanol–water partition coefficient (Wildman–Crippen LogP) is 4.70. The van der Waals surface area contributed by atoms with Gasteiger partial charge in [-0.2, -0.15) is 0 Å². The Morgan fingerprint density at radius 3 is 2.69 bits per heavy atom. The van der Waals surface area contributed by atoms with Gasteiger partial charge in [-0.15, -0.1) is 0 Å². The number of amides is 1. The molecule has 0 radical (unpaired) electrons. The molecular formula is C20H20N2O4. The van der Waals surface area contributed by atoms with E-state index in [1.807, 2.05) is 24.3 Å². The van der Waals surface area contributed by atoms with E-state index in [9.17, 15) is 14.9 Å². The molecule has 0 spiro atoms. The van der Waals surface area contributed by atoms with E-state index in [2.05, 4.69) is 12.2 Å². The standard InChI is InChI=1S/C20H20N2O4/c1-4-14-5-6-18-16(9-14)15(11-26-18)10-19(23)21-20-13(3)7-12(2)8-17(20)22(24)25/h5-9,11H,4,10H2,1-3H3,(H,21,23). The highest BCUT2D eigenvalue weighted by Gasteiger charge is 2.20. The molecule has 0 atom stereocenters. The molecule has 1 N–H and O–H groups in total. The summed E-state index contributed by atoms with van der Waals surface area (Å²) >= 11 is 0. The molecule has 2 aromatic carbocycles. The van der Waals surface area contributed by atoms with E-state index in [0.29, 0.717) is 5.56 Å². The van der Waals surface area contributed by atoms with Crippen LogP contribution in [0, 0.1) is 24.0 Å². The lowest BCUT2D eigenvalue weighted by molar-refractivity contribution is -0.384. The Kier molecular flexibility index (Phi) is 4.75. The first-order chi connectivity index (χ1) is 12.4. The minimum absolute atomic E-state index is 0.0879. The minimum Gasteiger partial charge on any atom is -0.464 e. The summed E-state index contributed by atoms with van der Waals surface area (Å²) in [7, 11) is 0. The molecule has 6 heteroatoms. The monoisotopic (exact) mass is 352 g/mol. The molecule has 1 aromatic heterocycles. The predicted molar refractivity (Wildman–Crippen MR) is 100 cm³/mol. The first kappa shape index (κ1) is 17.7. The summed E-state index contributed by atoms with van der Waals surface area (Å²) < 4.78 is 5.51. The van der Waals surface area contributed by atoms with E-state index < -0.39 is 4.92 Å². The van der Waals surface area contributed by atoms with Crippen molar-refractivity contribution in [1.29, 1.82) is 0 Å². The van der Waals surface area contributed by atoms with Gasteiger partial charge in [0.1, 0.15) is 11.3 Å². The number of hydrogen-bond donors (Lipinski definition) is 1. The Bertz CT molecular complexity index is 1000. The van der Waals surface area contributed by atoms with Crippen LogP contribution < -0.4 is 5.32 Å². The number of nitro benzene ring substituents is 1. The third kappa shape index (κ3) is 3.44. The van der Waals surface area contributed by atoms with Crippen molar-refractivity contribution in [2.45, 2.75) is 33.6 Å². The van der Waals surface area contributed by atoms with Gasteiger partial charge in [0.25, 0.3) is 5.69 Å². The van der Waals surface area contributed by atoms with Crippen LogP contribution in [-0.2, 0) is 17.6 Å². The molecule has 134 valence electrons. The number of furan rings is 1. The lowest BCUT2D eigenvalue weighted by Crippen LogP contribution is -2.16. The van der Waals surface area contributed by atoms with Gasteiger partial charge in [0.05, 0.1) is 17.6 Å². The molecule has 26 heavy (non-hydrogen) atoms. The molecule has 3 aromatic rings. The van der Waals surface area contributed by atoms with E-state index in [-0.39, 0.29) is 23.7 Å². The number of benzene rings is 2. The first-order valence-corrected chi connectivity index (χ1v) is 8.43. The molecule has 0 saturated heterocycles. The van der Waals surface area contributed by atoms with Gasteiger partial charge in [-0.05, 0) is 49.1 Å². The third-order valence-corrected chi connectivity index (χ3v) is 4.40. The van der Waals surface area contributed by atoms with Gasteiger partial charge in [0.2, 0.25) is 5.91 Å². The van der Waals surface area contributed by atoms with Crippen LogP contribution in [0.1, 0.15) is 29.2 Å². The van der Waals surface area contributed by atoms with Crippen LogP contribution in [0.4, 0.5) is 11.4 Å². The van der Waals surface area contributed by atoms with Crippen molar-refractivity contribution >= 4 is 28.3 Å². The Labute approximate surface area is 151 Å². The van der Waals surface area contributed by atoms with Crippen molar-refractivity contribution in [1.82, 2.24) is 0 Å². The molecule has 0 aliphatic carbocycles. The molecule has 6 nitrogen and oxygen atoms in total. The number of nitrogens with zero attached hydrogens (tertiary/aromatic N) is 1. The van der Waals surface area contributed by atoms with Crippen LogP contribution in [0.25, 0.3) is 11.0 Å². The summed E-state index contributed by atoms with van der Waals surface area (Å²) in [4.78, 5) is 23.3. The maximum atomic E-state index is 12.5. The zero-order valence-electron chi connectivity index (χ0n) is 15.0. The molecule has 1 heterocycles. The van der Waals surface area contributed by atoms with Crippen molar-refractivity contribution in [2.75, 3.05) is 5.32 Å². The van der Waals surface area contributed by atoms with E-state index in [1.54, 1.807) is 20.1 Å². The maximum Gasteiger partial charge on any atom is 0.293 e. The maximum absolute atomic E-state index is 12.5. The second-order valence-electron chi connectivity index (χ2n) is 6.40. The Balaban J connectivity index is 1.87. The second kappa shape index (κ2) is 7.00. The van der Waals surface area contributed by atoms with Crippen LogP contribution in [0.2, 0.25) is 0 Å². The number of carbonyl (C=O) groups is 1. The van der Waals surface area contributed by atoms with Crippen molar-refractivity contribution in [2.24, 2.45) is 0 Å². The minimum atomic E-state index is -0.476. The van der Waals surface area contributed by atoms with E-state index in [0.717, 1.165) is 34.1 Å². The van der Waals surface area contributed by atoms with E-state index in [1.165, 1.54) is 6.07 Å². The first-order valence-electron chi connectivity index (χ1n) is 8.43. The fourth-order valence-electron chi connectivity index (χ4n) is 3.09. The molecule has 3 rings (SSSR count). The van der Waals surface area contributed by atoms with E-state index in [4.69, 9.17) is 4.42 Å². The number of nitrogens with one attached hydrogen (secondary N) is 1. The van der Waals surface area contributed by atoms with Gasteiger partial charge < -0.3 is 9.73 Å². The summed E-state index contributed by atoms with van der Waals surface area (Å²) in [6.45, 7) is 5.60. The summed E-state index contributed by atoms with van der Waals surface area (Å²) in [5, 5.41) is 14.9. The Hall–Kier alpha value is -3.15. The molecule has 0 bridgehead atoms. The average molecular weight is 352 g/mol. The number of carbonyl (C=O) groups excluding carboxylic acids is 1. The van der Waals surface area contributed by atoms with Crippen molar-refractivity contribution in [3.05, 3.63) is 69.0 Å². The summed E-state index contributed by atoms with van der Waals surface area (Å²) in [6.07, 6.45) is 2.55. The van der Waals surface area contributed by atoms with Crippen molar-refractivity contribution in [3.8, 4) is 0 Å². The summed E-state index contributed by atoms with van der Waals surface area (Å²) in [5.74, 6) is -0.315. The normalized spacial score (nSPS) is 10.9. The number of hydrogen-bond acceptors (Lipinski definition) is 4. The second-order valence-corrected chi connectivity index (χ2v) is 6.40. The van der Waals surface area contributed by atoms with Gasteiger partial charge >= 0.3 is 0 Å².